The molecule has 0 spiro atoms. The van der Waals surface area contributed by atoms with Crippen molar-refractivity contribution < 1.29 is 14.3 Å². The van der Waals surface area contributed by atoms with Crippen LogP contribution in [0.3, 0.4) is 0 Å². The summed E-state index contributed by atoms with van der Waals surface area (Å²) in [4.78, 5) is 31.3. The topological polar surface area (TPSA) is 89.3 Å². The largest absolute Gasteiger partial charge is 0.496 e. The number of nitrogens with one attached hydrogen (secondary N) is 1. The van der Waals surface area contributed by atoms with Crippen molar-refractivity contribution >= 4 is 11.8 Å². The van der Waals surface area contributed by atoms with E-state index in [-0.39, 0.29) is 11.8 Å². The van der Waals surface area contributed by atoms with Crippen molar-refractivity contribution in [2.24, 2.45) is 7.05 Å². The van der Waals surface area contributed by atoms with Gasteiger partial charge in [-0.2, -0.15) is 5.10 Å². The number of ether oxygens (including phenoxy) is 1. The average molecular weight is 434 g/mol. The fourth-order valence-corrected chi connectivity index (χ4v) is 4.18. The van der Waals surface area contributed by atoms with Crippen LogP contribution in [0.4, 0.5) is 0 Å². The average Bonchev–Trinajstić information content (AvgIpc) is 3.14. The molecule has 1 N–H and O–H groups in total. The van der Waals surface area contributed by atoms with Crippen LogP contribution in [0.2, 0.25) is 0 Å². The second kappa shape index (κ2) is 9.21. The van der Waals surface area contributed by atoms with E-state index in [0.717, 1.165) is 28.9 Å². The molecule has 0 bridgehead atoms. The molecule has 4 rings (SSSR count). The van der Waals surface area contributed by atoms with Crippen molar-refractivity contribution in [2.45, 2.75) is 26.3 Å². The fourth-order valence-electron chi connectivity index (χ4n) is 4.18. The van der Waals surface area contributed by atoms with Crippen molar-refractivity contribution in [3.05, 3.63) is 76.4 Å². The summed E-state index contributed by atoms with van der Waals surface area (Å²) in [6, 6.07) is 8.91. The van der Waals surface area contributed by atoms with Gasteiger partial charge < -0.3 is 15.0 Å². The monoisotopic (exact) mass is 433 g/mol. The third kappa shape index (κ3) is 4.21. The number of fused-ring (bicyclic) bond motifs is 1. The molecule has 8 nitrogen and oxygen atoms in total. The number of hydrogen-bond donors (Lipinski definition) is 1. The molecule has 0 saturated carbocycles. The second-order valence-corrected chi connectivity index (χ2v) is 7.85. The van der Waals surface area contributed by atoms with Gasteiger partial charge >= 0.3 is 0 Å². The summed E-state index contributed by atoms with van der Waals surface area (Å²) in [7, 11) is 3.54. The SMILES string of the molecule is COc1cccc(C(=O)N2CCc3c(c(CCNC(=O)c4ccncc4)nn3C)C2)c1C. The van der Waals surface area contributed by atoms with E-state index in [1.807, 2.05) is 41.8 Å². The van der Waals surface area contributed by atoms with Crippen LogP contribution in [0.5, 0.6) is 5.75 Å². The molecule has 1 aromatic carbocycles. The Balaban J connectivity index is 1.46. The lowest BCUT2D eigenvalue weighted by Gasteiger charge is -2.28. The molecule has 0 unspecified atom stereocenters. The maximum absolute atomic E-state index is 13.3. The summed E-state index contributed by atoms with van der Waals surface area (Å²) >= 11 is 0. The smallest absolute Gasteiger partial charge is 0.254 e. The lowest BCUT2D eigenvalue weighted by Crippen LogP contribution is -2.37. The zero-order valence-corrected chi connectivity index (χ0v) is 18.6. The normalized spacial score (nSPS) is 12.9. The number of aryl methyl sites for hydroxylation is 1. The van der Waals surface area contributed by atoms with Crippen LogP contribution in [0, 0.1) is 6.92 Å². The minimum atomic E-state index is -0.137. The Labute approximate surface area is 187 Å². The number of pyridine rings is 1. The lowest BCUT2D eigenvalue weighted by atomic mass is 10.0. The Kier molecular flexibility index (Phi) is 6.20. The second-order valence-electron chi connectivity index (χ2n) is 7.85. The van der Waals surface area contributed by atoms with E-state index < -0.39 is 0 Å². The number of aromatic nitrogens is 3. The highest BCUT2D eigenvalue weighted by Gasteiger charge is 2.28. The van der Waals surface area contributed by atoms with Crippen LogP contribution in [-0.2, 0) is 26.4 Å². The van der Waals surface area contributed by atoms with E-state index in [1.165, 1.54) is 0 Å². The summed E-state index contributed by atoms with van der Waals surface area (Å²) in [5, 5.41) is 7.60. The number of carbonyl (C=O) groups is 2. The Morgan fingerprint density at radius 1 is 1.19 bits per heavy atom. The first-order chi connectivity index (χ1) is 15.5. The van der Waals surface area contributed by atoms with Crippen molar-refractivity contribution in [1.29, 1.82) is 0 Å². The Hall–Kier alpha value is -3.68. The maximum atomic E-state index is 13.3. The van der Waals surface area contributed by atoms with Gasteiger partial charge in [0.15, 0.2) is 0 Å². The molecular formula is C24H27N5O3. The number of rotatable bonds is 6. The van der Waals surface area contributed by atoms with Crippen molar-refractivity contribution in [1.82, 2.24) is 25.0 Å². The number of methoxy groups -OCH3 is 1. The summed E-state index contributed by atoms with van der Waals surface area (Å²) in [5.41, 5.74) is 5.21. The van der Waals surface area contributed by atoms with Crippen molar-refractivity contribution in [3.63, 3.8) is 0 Å². The van der Waals surface area contributed by atoms with Gasteiger partial charge in [-0.1, -0.05) is 6.07 Å². The van der Waals surface area contributed by atoms with E-state index in [0.29, 0.717) is 42.9 Å². The summed E-state index contributed by atoms with van der Waals surface area (Å²) in [6.45, 7) is 3.52. The number of carbonyl (C=O) groups excluding carboxylic acids is 2. The first kappa shape index (κ1) is 21.5. The number of benzene rings is 1. The van der Waals surface area contributed by atoms with E-state index in [2.05, 4.69) is 15.4 Å². The maximum Gasteiger partial charge on any atom is 0.254 e. The molecule has 166 valence electrons. The quantitative estimate of drug-likeness (QED) is 0.644. The molecule has 3 heterocycles. The first-order valence-electron chi connectivity index (χ1n) is 10.6. The Morgan fingerprint density at radius 3 is 2.72 bits per heavy atom. The van der Waals surface area contributed by atoms with Crippen LogP contribution in [-0.4, -0.2) is 51.7 Å². The molecule has 2 aromatic heterocycles. The summed E-state index contributed by atoms with van der Waals surface area (Å²) in [6.07, 6.45) is 4.54. The van der Waals surface area contributed by atoms with Gasteiger partial charge in [0.25, 0.3) is 11.8 Å². The van der Waals surface area contributed by atoms with Gasteiger partial charge in [0.2, 0.25) is 0 Å². The molecule has 0 aliphatic carbocycles. The minimum absolute atomic E-state index is 0.00663. The van der Waals surface area contributed by atoms with E-state index in [9.17, 15) is 9.59 Å². The Bertz CT molecular complexity index is 1140. The predicted molar refractivity (Wildman–Crippen MR) is 120 cm³/mol. The fraction of sp³-hybridized carbons (Fsp3) is 0.333. The summed E-state index contributed by atoms with van der Waals surface area (Å²) < 4.78 is 7.27. The molecule has 32 heavy (non-hydrogen) atoms. The van der Waals surface area contributed by atoms with Gasteiger partial charge in [-0.15, -0.1) is 0 Å². The van der Waals surface area contributed by atoms with E-state index >= 15 is 0 Å². The minimum Gasteiger partial charge on any atom is -0.496 e. The molecule has 1 aliphatic rings. The lowest BCUT2D eigenvalue weighted by molar-refractivity contribution is 0.0731. The van der Waals surface area contributed by atoms with Gasteiger partial charge in [-0.05, 0) is 31.2 Å². The standard InChI is InChI=1S/C24H27N5O3/c1-16-18(5-4-6-22(16)32-3)24(31)29-14-10-21-19(15-29)20(27-28(21)2)9-13-26-23(30)17-7-11-25-12-8-17/h4-8,11-12H,9-10,13-15H2,1-3H3,(H,26,30). The van der Waals surface area contributed by atoms with Crippen LogP contribution >= 0.6 is 0 Å². The van der Waals surface area contributed by atoms with Crippen LogP contribution in [0.1, 0.15) is 43.2 Å². The highest BCUT2D eigenvalue weighted by molar-refractivity contribution is 5.96. The highest BCUT2D eigenvalue weighted by Crippen LogP contribution is 2.27. The molecule has 0 atom stereocenters. The predicted octanol–water partition coefficient (Wildman–Crippen LogP) is 2.30. The van der Waals surface area contributed by atoms with Gasteiger partial charge in [0, 0.05) is 79.9 Å². The molecular weight excluding hydrogens is 406 g/mol. The van der Waals surface area contributed by atoms with Crippen LogP contribution < -0.4 is 10.1 Å². The van der Waals surface area contributed by atoms with Crippen molar-refractivity contribution in [2.75, 3.05) is 20.2 Å². The first-order valence-corrected chi connectivity index (χ1v) is 10.6. The molecule has 3 aromatic rings. The van der Waals surface area contributed by atoms with Gasteiger partial charge in [0.1, 0.15) is 5.75 Å². The molecule has 0 saturated heterocycles. The van der Waals surface area contributed by atoms with E-state index in [4.69, 9.17) is 4.74 Å². The Morgan fingerprint density at radius 2 is 1.97 bits per heavy atom. The van der Waals surface area contributed by atoms with Gasteiger partial charge in [-0.3, -0.25) is 19.3 Å². The number of amides is 2. The molecule has 8 heteroatoms. The van der Waals surface area contributed by atoms with Crippen LogP contribution in [0.25, 0.3) is 0 Å². The molecule has 1 aliphatic heterocycles. The number of nitrogens with zero attached hydrogens (tertiary/aromatic N) is 4. The van der Waals surface area contributed by atoms with Gasteiger partial charge in [0.05, 0.1) is 12.8 Å². The molecule has 0 fully saturated rings. The van der Waals surface area contributed by atoms with Crippen molar-refractivity contribution in [3.8, 4) is 5.75 Å². The molecule has 2 amide bonds. The van der Waals surface area contributed by atoms with Crippen LogP contribution in [0.15, 0.2) is 42.7 Å². The zero-order chi connectivity index (χ0) is 22.7. The molecule has 0 radical (unpaired) electrons. The van der Waals surface area contributed by atoms with Gasteiger partial charge in [-0.25, -0.2) is 0 Å². The third-order valence-corrected chi connectivity index (χ3v) is 5.94. The summed E-state index contributed by atoms with van der Waals surface area (Å²) in [5.74, 6) is 0.566. The number of hydrogen-bond acceptors (Lipinski definition) is 5. The van der Waals surface area contributed by atoms with E-state index in [1.54, 1.807) is 31.6 Å². The highest BCUT2D eigenvalue weighted by atomic mass is 16.5. The third-order valence-electron chi connectivity index (χ3n) is 5.94. The zero-order valence-electron chi connectivity index (χ0n) is 18.6.